The molecule has 0 N–H and O–H groups in total. The van der Waals surface area contributed by atoms with Crippen LogP contribution in [-0.4, -0.2) is 19.8 Å². The molecule has 0 aliphatic heterocycles. The van der Waals surface area contributed by atoms with E-state index in [-0.39, 0.29) is 46.0 Å². The van der Waals surface area contributed by atoms with Gasteiger partial charge in [-0.1, -0.05) is 37.5 Å². The minimum Gasteiger partial charge on any atom is -0.854 e. The molecule has 116 valence electrons. The van der Waals surface area contributed by atoms with E-state index in [0.717, 1.165) is 6.42 Å². The predicted molar refractivity (Wildman–Crippen MR) is 80.6 cm³/mol. The first kappa shape index (κ1) is 28.6. The molecule has 1 aliphatic rings. The van der Waals surface area contributed by atoms with Crippen molar-refractivity contribution >= 4 is 0 Å². The van der Waals surface area contributed by atoms with Gasteiger partial charge in [0.05, 0.1) is 0 Å². The van der Waals surface area contributed by atoms with Crippen LogP contribution in [-0.2, 0) is 26.2 Å². The van der Waals surface area contributed by atoms with E-state index in [2.05, 4.69) is 31.9 Å². The Morgan fingerprint density at radius 2 is 1.24 bits per heavy atom. The summed E-state index contributed by atoms with van der Waals surface area (Å²) in [5.74, 6) is 0. The van der Waals surface area contributed by atoms with Crippen molar-refractivity contribution < 1.29 is 41.5 Å². The summed E-state index contributed by atoms with van der Waals surface area (Å²) < 4.78 is 0. The van der Waals surface area contributed by atoms with Crippen LogP contribution in [0.4, 0.5) is 0 Å². The smallest absolute Gasteiger partial charge is 0.854 e. The van der Waals surface area contributed by atoms with Crippen molar-refractivity contribution in [2.75, 3.05) is 19.8 Å². The SMILES string of the molecule is C=CCC[O-].C=CCC[O-].C=CCC[O-].[C-]1=CC=CC1.[Zr+4]. The van der Waals surface area contributed by atoms with Crippen LogP contribution in [0.2, 0.25) is 0 Å². The molecule has 0 spiro atoms. The minimum atomic E-state index is -0.0243. The van der Waals surface area contributed by atoms with Crippen molar-refractivity contribution in [1.82, 2.24) is 0 Å². The summed E-state index contributed by atoms with van der Waals surface area (Å²) in [5.41, 5.74) is 0. The van der Waals surface area contributed by atoms with E-state index >= 15 is 0 Å². The van der Waals surface area contributed by atoms with E-state index in [1.54, 1.807) is 18.2 Å². The first-order valence-electron chi connectivity index (χ1n) is 6.53. The molecule has 0 heterocycles. The molecule has 0 radical (unpaired) electrons. The summed E-state index contributed by atoms with van der Waals surface area (Å²) in [6.45, 7) is 9.98. The van der Waals surface area contributed by atoms with Gasteiger partial charge in [0, 0.05) is 0 Å². The zero-order valence-electron chi connectivity index (χ0n) is 12.8. The molecule has 0 unspecified atom stereocenters. The van der Waals surface area contributed by atoms with Crippen LogP contribution < -0.4 is 15.3 Å². The summed E-state index contributed by atoms with van der Waals surface area (Å²) in [5, 5.41) is 28.4. The number of hydrogen-bond acceptors (Lipinski definition) is 3. The van der Waals surface area contributed by atoms with Crippen LogP contribution >= 0.6 is 0 Å². The molecular weight excluding hydrogens is 343 g/mol. The van der Waals surface area contributed by atoms with E-state index in [4.69, 9.17) is 0 Å². The third-order valence-electron chi connectivity index (χ3n) is 1.55. The first-order chi connectivity index (χ1) is 9.74. The molecule has 3 nitrogen and oxygen atoms in total. The maximum absolute atomic E-state index is 9.46. The molecule has 0 atom stereocenters. The average molecular weight is 370 g/mol. The van der Waals surface area contributed by atoms with E-state index in [1.807, 2.05) is 12.2 Å². The molecule has 0 fully saturated rings. The number of hydrogen-bond donors (Lipinski definition) is 0. The molecule has 0 saturated carbocycles. The predicted octanol–water partition coefficient (Wildman–Crippen LogP) is 1.07. The Morgan fingerprint density at radius 1 is 0.857 bits per heavy atom. The second-order valence-electron chi connectivity index (χ2n) is 3.35. The molecule has 0 aromatic heterocycles. The Kier molecular flexibility index (Phi) is 49.9. The Labute approximate surface area is 149 Å². The monoisotopic (exact) mass is 368 g/mol. The fourth-order valence-electron chi connectivity index (χ4n) is 0.590. The molecule has 0 saturated heterocycles. The molecule has 21 heavy (non-hydrogen) atoms. The van der Waals surface area contributed by atoms with Gasteiger partial charge in [-0.25, -0.2) is 12.2 Å². The zero-order valence-corrected chi connectivity index (χ0v) is 15.2. The Bertz CT molecular complexity index is 215. The van der Waals surface area contributed by atoms with Crippen molar-refractivity contribution in [3.63, 3.8) is 0 Å². The fraction of sp³-hybridized carbons (Fsp3) is 0.412. The van der Waals surface area contributed by atoms with Gasteiger partial charge >= 0.3 is 26.2 Å². The second kappa shape index (κ2) is 36.6. The molecule has 1 rings (SSSR count). The topological polar surface area (TPSA) is 69.2 Å². The van der Waals surface area contributed by atoms with Gasteiger partial charge in [-0.3, -0.25) is 6.08 Å². The largest absolute Gasteiger partial charge is 4.00 e. The van der Waals surface area contributed by atoms with Gasteiger partial charge in [0.15, 0.2) is 0 Å². The van der Waals surface area contributed by atoms with Crippen LogP contribution in [0, 0.1) is 6.08 Å². The van der Waals surface area contributed by atoms with Gasteiger partial charge < -0.3 is 15.3 Å². The van der Waals surface area contributed by atoms with Gasteiger partial charge in [-0.05, 0) is 0 Å². The number of rotatable bonds is 6. The molecule has 0 bridgehead atoms. The summed E-state index contributed by atoms with van der Waals surface area (Å²) in [6.07, 6.45) is 16.6. The summed E-state index contributed by atoms with van der Waals surface area (Å²) >= 11 is 0. The molecule has 0 aromatic rings. The standard InChI is InChI=1S/C5H5.3C4H7O.Zr/c1-2-4-5-3-1;3*1-2-3-4-5;/h1-3H,4H2;3*2H,1,3-4H2;/q4*-1;+4. The third-order valence-corrected chi connectivity index (χ3v) is 1.55. The van der Waals surface area contributed by atoms with E-state index in [1.165, 1.54) is 0 Å². The maximum atomic E-state index is 9.46. The van der Waals surface area contributed by atoms with E-state index in [0.29, 0.717) is 19.3 Å². The Hall–Kier alpha value is -0.537. The molecule has 0 amide bonds. The average Bonchev–Trinajstić information content (AvgIpc) is 3.02. The normalized spacial score (nSPS) is 9.48. The van der Waals surface area contributed by atoms with E-state index in [9.17, 15) is 15.3 Å². The van der Waals surface area contributed by atoms with Crippen molar-refractivity contribution in [3.05, 3.63) is 62.3 Å². The summed E-state index contributed by atoms with van der Waals surface area (Å²) in [6, 6.07) is 0. The van der Waals surface area contributed by atoms with Crippen LogP contribution in [0.1, 0.15) is 25.7 Å². The molecule has 1 aliphatic carbocycles. The zero-order chi connectivity index (χ0) is 15.9. The van der Waals surface area contributed by atoms with Gasteiger partial charge in [0.25, 0.3) is 0 Å². The molecule has 0 aromatic carbocycles. The van der Waals surface area contributed by atoms with Crippen LogP contribution in [0.5, 0.6) is 0 Å². The Morgan fingerprint density at radius 3 is 1.29 bits per heavy atom. The van der Waals surface area contributed by atoms with Gasteiger partial charge in [-0.2, -0.15) is 6.08 Å². The van der Waals surface area contributed by atoms with Crippen molar-refractivity contribution in [2.24, 2.45) is 0 Å². The van der Waals surface area contributed by atoms with Crippen LogP contribution in [0.25, 0.3) is 0 Å². The van der Waals surface area contributed by atoms with Crippen molar-refractivity contribution in [1.29, 1.82) is 0 Å². The maximum Gasteiger partial charge on any atom is 4.00 e. The quantitative estimate of drug-likeness (QED) is 0.519. The van der Waals surface area contributed by atoms with Crippen LogP contribution in [0.3, 0.4) is 0 Å². The minimum absolute atomic E-state index is 0. The Balaban J connectivity index is -0.0000000903. The van der Waals surface area contributed by atoms with Crippen LogP contribution in [0.15, 0.2) is 56.2 Å². The van der Waals surface area contributed by atoms with Crippen molar-refractivity contribution in [2.45, 2.75) is 25.7 Å². The number of allylic oxidation sites excluding steroid dienone is 4. The first-order valence-corrected chi connectivity index (χ1v) is 6.53. The van der Waals surface area contributed by atoms with E-state index < -0.39 is 0 Å². The molecule has 4 heteroatoms. The summed E-state index contributed by atoms with van der Waals surface area (Å²) in [7, 11) is 0. The second-order valence-corrected chi connectivity index (χ2v) is 3.35. The summed E-state index contributed by atoms with van der Waals surface area (Å²) in [4.78, 5) is 0. The third kappa shape index (κ3) is 54.2. The molecular formula is C17H26O3Zr. The fourth-order valence-corrected chi connectivity index (χ4v) is 0.590. The van der Waals surface area contributed by atoms with Gasteiger partial charge in [0.1, 0.15) is 0 Å². The van der Waals surface area contributed by atoms with Gasteiger partial charge in [0.2, 0.25) is 0 Å². The van der Waals surface area contributed by atoms with Crippen molar-refractivity contribution in [3.8, 4) is 0 Å². The van der Waals surface area contributed by atoms with Gasteiger partial charge in [-0.15, -0.1) is 46.0 Å².